The van der Waals surface area contributed by atoms with E-state index in [4.69, 9.17) is 4.40 Å². The van der Waals surface area contributed by atoms with E-state index in [2.05, 4.69) is 0 Å². The van der Waals surface area contributed by atoms with Crippen molar-refractivity contribution in [2.75, 3.05) is 0 Å². The zero-order chi connectivity index (χ0) is 13.0. The zero-order valence-electron chi connectivity index (χ0n) is 11.9. The summed E-state index contributed by atoms with van der Waals surface area (Å²) in [6.07, 6.45) is 9.36. The molecule has 3 fully saturated rings. The smallest absolute Gasteiger partial charge is 0.144 e. The van der Waals surface area contributed by atoms with E-state index in [1.54, 1.807) is 0 Å². The first kappa shape index (κ1) is 12.8. The molecule has 3 saturated carbocycles. The van der Waals surface area contributed by atoms with Gasteiger partial charge in [-0.05, 0) is 64.7 Å². The van der Waals surface area contributed by atoms with Crippen LogP contribution in [0.4, 0.5) is 0 Å². The Hall–Kier alpha value is -0.180. The summed E-state index contributed by atoms with van der Waals surface area (Å²) in [4.78, 5) is 0. The Morgan fingerprint density at radius 2 is 1.89 bits per heavy atom. The second-order valence-corrected chi connectivity index (χ2v) is 9.31. The molecule has 3 aliphatic carbocycles. The largest absolute Gasteiger partial charge is 0.234 e. The Morgan fingerprint density at radius 1 is 1.22 bits per heavy atom. The molecule has 1 spiro atoms. The molecule has 0 aromatic rings. The van der Waals surface area contributed by atoms with Crippen LogP contribution in [-0.2, 0) is 11.0 Å². The quantitative estimate of drug-likeness (QED) is 0.709. The third kappa shape index (κ3) is 1.81. The van der Waals surface area contributed by atoms with Gasteiger partial charge in [0.1, 0.15) is 11.0 Å². The summed E-state index contributed by atoms with van der Waals surface area (Å²) in [7, 11) is -1.06. The summed E-state index contributed by atoms with van der Waals surface area (Å²) in [5, 5.41) is 0. The van der Waals surface area contributed by atoms with E-state index in [1.807, 2.05) is 20.8 Å². The normalized spacial score (nSPS) is 37.8. The lowest BCUT2D eigenvalue weighted by Crippen LogP contribution is -2.35. The Kier molecular flexibility index (Phi) is 2.96. The summed E-state index contributed by atoms with van der Waals surface area (Å²) in [6, 6.07) is 0. The molecule has 0 heterocycles. The zero-order valence-corrected chi connectivity index (χ0v) is 12.7. The maximum atomic E-state index is 12.4. The van der Waals surface area contributed by atoms with Crippen LogP contribution in [0.1, 0.15) is 65.7 Å². The van der Waals surface area contributed by atoms with Crippen molar-refractivity contribution in [3.8, 4) is 0 Å². The molecule has 0 saturated heterocycles. The molecule has 3 aliphatic rings. The molecule has 2 bridgehead atoms. The van der Waals surface area contributed by atoms with Crippen LogP contribution in [0.15, 0.2) is 4.40 Å². The molecular formula is C15H25NOS. The molecule has 3 atom stereocenters. The van der Waals surface area contributed by atoms with Crippen LogP contribution >= 0.6 is 0 Å². The van der Waals surface area contributed by atoms with Crippen molar-refractivity contribution in [3.63, 3.8) is 0 Å². The topological polar surface area (TPSA) is 29.4 Å². The van der Waals surface area contributed by atoms with E-state index in [1.165, 1.54) is 50.7 Å². The van der Waals surface area contributed by atoms with Gasteiger partial charge in [0.05, 0.1) is 4.75 Å². The first-order valence-electron chi connectivity index (χ1n) is 7.44. The summed E-state index contributed by atoms with van der Waals surface area (Å²) >= 11 is 0. The SMILES string of the molecule is CC(C)(C)S(=O)N=C1[C@@H]2CC[C@@H](C2)C12CCCC2. The molecule has 0 N–H and O–H groups in total. The minimum atomic E-state index is -1.06. The summed E-state index contributed by atoms with van der Waals surface area (Å²) < 4.78 is 16.9. The lowest BCUT2D eigenvalue weighted by Gasteiger charge is -2.35. The average Bonchev–Trinajstić information content (AvgIpc) is 2.97. The van der Waals surface area contributed by atoms with Gasteiger partial charge in [-0.25, -0.2) is 4.21 Å². The average molecular weight is 267 g/mol. The minimum absolute atomic E-state index is 0.214. The Bertz CT molecular complexity index is 401. The fourth-order valence-electron chi connectivity index (χ4n) is 4.41. The Labute approximate surface area is 113 Å². The van der Waals surface area contributed by atoms with Gasteiger partial charge in [-0.2, -0.15) is 4.40 Å². The van der Waals surface area contributed by atoms with Crippen molar-refractivity contribution >= 4 is 16.7 Å². The van der Waals surface area contributed by atoms with Crippen molar-refractivity contribution in [1.29, 1.82) is 0 Å². The number of hydrogen-bond acceptors (Lipinski definition) is 1. The third-order valence-corrected chi connectivity index (χ3v) is 6.72. The van der Waals surface area contributed by atoms with E-state index in [0.29, 0.717) is 11.3 Å². The monoisotopic (exact) mass is 267 g/mol. The van der Waals surface area contributed by atoms with Crippen LogP contribution < -0.4 is 0 Å². The Morgan fingerprint density at radius 3 is 2.50 bits per heavy atom. The van der Waals surface area contributed by atoms with E-state index in [0.717, 1.165) is 5.92 Å². The highest BCUT2D eigenvalue weighted by Gasteiger charge is 2.56. The molecule has 3 rings (SSSR count). The Balaban J connectivity index is 1.95. The minimum Gasteiger partial charge on any atom is -0.234 e. The van der Waals surface area contributed by atoms with Gasteiger partial charge < -0.3 is 0 Å². The molecule has 102 valence electrons. The summed E-state index contributed by atoms with van der Waals surface area (Å²) in [5.41, 5.74) is 1.74. The standard InChI is InChI=1S/C15H25NOS/c1-14(2,3)18(17)16-13-11-6-7-12(10-11)15(13)8-4-5-9-15/h11-12H,4-10H2,1-3H3/t11-,12+,18?/m1/s1. The summed E-state index contributed by atoms with van der Waals surface area (Å²) in [5.74, 6) is 1.53. The number of fused-ring (bicyclic) bond motifs is 3. The summed E-state index contributed by atoms with van der Waals surface area (Å²) in [6.45, 7) is 6.09. The van der Waals surface area contributed by atoms with Crippen LogP contribution in [0.3, 0.4) is 0 Å². The molecule has 0 radical (unpaired) electrons. The predicted octanol–water partition coefficient (Wildman–Crippen LogP) is 3.88. The predicted molar refractivity (Wildman–Crippen MR) is 77.1 cm³/mol. The van der Waals surface area contributed by atoms with Crippen LogP contribution in [0.25, 0.3) is 0 Å². The first-order chi connectivity index (χ1) is 8.43. The van der Waals surface area contributed by atoms with Gasteiger partial charge in [0, 0.05) is 11.1 Å². The van der Waals surface area contributed by atoms with Crippen LogP contribution in [0, 0.1) is 17.3 Å². The van der Waals surface area contributed by atoms with Crippen LogP contribution in [0.2, 0.25) is 0 Å². The van der Waals surface area contributed by atoms with Gasteiger partial charge in [-0.15, -0.1) is 0 Å². The molecule has 2 nitrogen and oxygen atoms in total. The second kappa shape index (κ2) is 4.16. The molecule has 0 aromatic heterocycles. The third-order valence-electron chi connectivity index (χ3n) is 5.31. The molecule has 0 amide bonds. The highest BCUT2D eigenvalue weighted by Crippen LogP contribution is 2.61. The highest BCUT2D eigenvalue weighted by atomic mass is 32.2. The highest BCUT2D eigenvalue weighted by molar-refractivity contribution is 7.85. The number of hydrogen-bond donors (Lipinski definition) is 0. The van der Waals surface area contributed by atoms with Crippen molar-refractivity contribution in [2.45, 2.75) is 70.5 Å². The fourth-order valence-corrected chi connectivity index (χ4v) is 5.19. The van der Waals surface area contributed by atoms with Crippen molar-refractivity contribution in [1.82, 2.24) is 0 Å². The molecule has 1 unspecified atom stereocenters. The van der Waals surface area contributed by atoms with Gasteiger partial charge in [-0.3, -0.25) is 0 Å². The second-order valence-electron chi connectivity index (χ2n) is 7.41. The van der Waals surface area contributed by atoms with E-state index in [-0.39, 0.29) is 4.75 Å². The molecular weight excluding hydrogens is 242 g/mol. The molecule has 0 aliphatic heterocycles. The van der Waals surface area contributed by atoms with Gasteiger partial charge in [0.15, 0.2) is 0 Å². The van der Waals surface area contributed by atoms with Crippen molar-refractivity contribution < 1.29 is 4.21 Å². The van der Waals surface area contributed by atoms with E-state index < -0.39 is 11.0 Å². The lowest BCUT2D eigenvalue weighted by atomic mass is 9.70. The fraction of sp³-hybridized carbons (Fsp3) is 0.933. The van der Waals surface area contributed by atoms with Gasteiger partial charge in [0.2, 0.25) is 0 Å². The van der Waals surface area contributed by atoms with Crippen molar-refractivity contribution in [3.05, 3.63) is 0 Å². The number of rotatable bonds is 1. The molecule has 18 heavy (non-hydrogen) atoms. The van der Waals surface area contributed by atoms with Crippen molar-refractivity contribution in [2.24, 2.45) is 21.6 Å². The molecule has 3 heteroatoms. The van der Waals surface area contributed by atoms with E-state index >= 15 is 0 Å². The number of nitrogens with zero attached hydrogens (tertiary/aromatic N) is 1. The van der Waals surface area contributed by atoms with E-state index in [9.17, 15) is 4.21 Å². The van der Waals surface area contributed by atoms with Crippen LogP contribution in [-0.4, -0.2) is 14.7 Å². The van der Waals surface area contributed by atoms with Gasteiger partial charge >= 0.3 is 0 Å². The lowest BCUT2D eigenvalue weighted by molar-refractivity contribution is 0.282. The van der Waals surface area contributed by atoms with Crippen LogP contribution in [0.5, 0.6) is 0 Å². The van der Waals surface area contributed by atoms with Gasteiger partial charge in [-0.1, -0.05) is 12.8 Å². The molecule has 0 aromatic carbocycles. The maximum absolute atomic E-state index is 12.4. The van der Waals surface area contributed by atoms with Gasteiger partial charge in [0.25, 0.3) is 0 Å². The first-order valence-corrected chi connectivity index (χ1v) is 8.55. The maximum Gasteiger partial charge on any atom is 0.144 e.